The number of carbonyl (C=O) groups is 1. The summed E-state index contributed by atoms with van der Waals surface area (Å²) >= 11 is 0. The van der Waals surface area contributed by atoms with Gasteiger partial charge in [-0.1, -0.05) is 37.3 Å². The molecule has 0 saturated carbocycles. The molecule has 0 aliphatic rings. The zero-order chi connectivity index (χ0) is 12.0. The summed E-state index contributed by atoms with van der Waals surface area (Å²) < 4.78 is 0. The SMILES string of the molecule is CC(CC(O)CCc1ccccc1)C(=O)O. The molecule has 0 aliphatic carbocycles. The molecular weight excluding hydrogens is 204 g/mol. The molecule has 0 amide bonds. The van der Waals surface area contributed by atoms with Crippen LogP contribution in [0.25, 0.3) is 0 Å². The predicted octanol–water partition coefficient (Wildman–Crippen LogP) is 2.09. The zero-order valence-corrected chi connectivity index (χ0v) is 9.47. The molecular formula is C13H18O3. The van der Waals surface area contributed by atoms with Crippen LogP contribution in [-0.4, -0.2) is 22.3 Å². The van der Waals surface area contributed by atoms with Gasteiger partial charge in [-0.05, 0) is 24.8 Å². The molecule has 0 radical (unpaired) electrons. The zero-order valence-electron chi connectivity index (χ0n) is 9.47. The first-order valence-electron chi connectivity index (χ1n) is 5.54. The van der Waals surface area contributed by atoms with Crippen molar-refractivity contribution < 1.29 is 15.0 Å². The molecule has 0 fully saturated rings. The van der Waals surface area contributed by atoms with E-state index in [0.29, 0.717) is 12.8 Å². The van der Waals surface area contributed by atoms with Crippen LogP contribution in [0.1, 0.15) is 25.3 Å². The van der Waals surface area contributed by atoms with Crippen LogP contribution in [0, 0.1) is 5.92 Å². The number of aliphatic hydroxyl groups is 1. The summed E-state index contributed by atoms with van der Waals surface area (Å²) in [5.74, 6) is -1.33. The van der Waals surface area contributed by atoms with E-state index >= 15 is 0 Å². The monoisotopic (exact) mass is 222 g/mol. The van der Waals surface area contributed by atoms with Crippen LogP contribution in [0.2, 0.25) is 0 Å². The Morgan fingerprint density at radius 2 is 1.94 bits per heavy atom. The Balaban J connectivity index is 2.30. The lowest BCUT2D eigenvalue weighted by Gasteiger charge is -2.13. The van der Waals surface area contributed by atoms with E-state index in [1.165, 1.54) is 5.56 Å². The van der Waals surface area contributed by atoms with Gasteiger partial charge in [-0.25, -0.2) is 0 Å². The standard InChI is InChI=1S/C13H18O3/c1-10(13(15)16)9-12(14)8-7-11-5-3-2-4-6-11/h2-6,10,12,14H,7-9H2,1H3,(H,15,16). The van der Waals surface area contributed by atoms with Crippen LogP contribution in [-0.2, 0) is 11.2 Å². The normalized spacial score (nSPS) is 14.4. The van der Waals surface area contributed by atoms with Crippen molar-refractivity contribution in [3.05, 3.63) is 35.9 Å². The lowest BCUT2D eigenvalue weighted by molar-refractivity contribution is -0.142. The number of aliphatic carboxylic acids is 1. The van der Waals surface area contributed by atoms with E-state index in [2.05, 4.69) is 0 Å². The maximum Gasteiger partial charge on any atom is 0.306 e. The summed E-state index contributed by atoms with van der Waals surface area (Å²) in [4.78, 5) is 10.6. The largest absolute Gasteiger partial charge is 0.481 e. The highest BCUT2D eigenvalue weighted by Gasteiger charge is 2.15. The molecule has 0 heterocycles. The lowest BCUT2D eigenvalue weighted by atomic mass is 9.99. The van der Waals surface area contributed by atoms with Crippen LogP contribution in [0.15, 0.2) is 30.3 Å². The molecule has 1 aromatic carbocycles. The molecule has 2 unspecified atom stereocenters. The summed E-state index contributed by atoms with van der Waals surface area (Å²) in [5, 5.41) is 18.4. The molecule has 0 bridgehead atoms. The number of carboxylic acid groups (broad SMARTS) is 1. The maximum absolute atomic E-state index is 10.6. The minimum absolute atomic E-state index is 0.322. The summed E-state index contributed by atoms with van der Waals surface area (Å²) in [5.41, 5.74) is 1.17. The number of rotatable bonds is 6. The van der Waals surface area contributed by atoms with E-state index in [1.807, 2.05) is 30.3 Å². The first-order chi connectivity index (χ1) is 7.59. The van der Waals surface area contributed by atoms with Crippen LogP contribution in [0.4, 0.5) is 0 Å². The van der Waals surface area contributed by atoms with Crippen molar-refractivity contribution in [1.82, 2.24) is 0 Å². The van der Waals surface area contributed by atoms with E-state index in [9.17, 15) is 9.90 Å². The Bertz CT molecular complexity index is 321. The molecule has 3 heteroatoms. The van der Waals surface area contributed by atoms with Crippen molar-refractivity contribution >= 4 is 5.97 Å². The highest BCUT2D eigenvalue weighted by molar-refractivity contribution is 5.69. The van der Waals surface area contributed by atoms with Gasteiger partial charge in [-0.2, -0.15) is 0 Å². The van der Waals surface area contributed by atoms with Crippen molar-refractivity contribution in [2.24, 2.45) is 5.92 Å². The molecule has 0 spiro atoms. The number of benzene rings is 1. The van der Waals surface area contributed by atoms with Crippen molar-refractivity contribution in [2.75, 3.05) is 0 Å². The fraction of sp³-hybridized carbons (Fsp3) is 0.462. The molecule has 88 valence electrons. The minimum Gasteiger partial charge on any atom is -0.481 e. The third-order valence-corrected chi connectivity index (χ3v) is 2.66. The molecule has 2 atom stereocenters. The Hall–Kier alpha value is -1.35. The maximum atomic E-state index is 10.6. The van der Waals surface area contributed by atoms with Gasteiger partial charge in [0.15, 0.2) is 0 Å². The van der Waals surface area contributed by atoms with Crippen LogP contribution >= 0.6 is 0 Å². The van der Waals surface area contributed by atoms with Crippen molar-refractivity contribution in [3.8, 4) is 0 Å². The number of hydrogen-bond donors (Lipinski definition) is 2. The summed E-state index contributed by atoms with van der Waals surface area (Å²) in [6, 6.07) is 9.89. The first kappa shape index (κ1) is 12.7. The van der Waals surface area contributed by atoms with Gasteiger partial charge >= 0.3 is 5.97 Å². The predicted molar refractivity (Wildman–Crippen MR) is 62.2 cm³/mol. The minimum atomic E-state index is -0.848. The van der Waals surface area contributed by atoms with Crippen LogP contribution < -0.4 is 0 Å². The Labute approximate surface area is 95.7 Å². The number of aliphatic hydroxyl groups excluding tert-OH is 1. The van der Waals surface area contributed by atoms with Gasteiger partial charge in [0.2, 0.25) is 0 Å². The van der Waals surface area contributed by atoms with E-state index in [0.717, 1.165) is 6.42 Å². The topological polar surface area (TPSA) is 57.5 Å². The average Bonchev–Trinajstić information content (AvgIpc) is 2.27. The summed E-state index contributed by atoms with van der Waals surface area (Å²) in [6.07, 6.45) is 1.18. The highest BCUT2D eigenvalue weighted by Crippen LogP contribution is 2.12. The number of carboxylic acids is 1. The fourth-order valence-corrected chi connectivity index (χ4v) is 1.60. The van der Waals surface area contributed by atoms with Crippen molar-refractivity contribution in [3.63, 3.8) is 0 Å². The van der Waals surface area contributed by atoms with Gasteiger partial charge < -0.3 is 10.2 Å². The Kier molecular flexibility index (Phi) is 4.99. The third kappa shape index (κ3) is 4.45. The molecule has 16 heavy (non-hydrogen) atoms. The molecule has 1 aromatic rings. The van der Waals surface area contributed by atoms with Gasteiger partial charge in [0.05, 0.1) is 12.0 Å². The fourth-order valence-electron chi connectivity index (χ4n) is 1.60. The van der Waals surface area contributed by atoms with E-state index in [1.54, 1.807) is 6.92 Å². The van der Waals surface area contributed by atoms with E-state index in [4.69, 9.17) is 5.11 Å². The van der Waals surface area contributed by atoms with Crippen molar-refractivity contribution in [1.29, 1.82) is 0 Å². The lowest BCUT2D eigenvalue weighted by Crippen LogP contribution is -2.18. The van der Waals surface area contributed by atoms with Gasteiger partial charge in [0, 0.05) is 0 Å². The van der Waals surface area contributed by atoms with E-state index in [-0.39, 0.29) is 0 Å². The van der Waals surface area contributed by atoms with Gasteiger partial charge in [-0.3, -0.25) is 4.79 Å². The molecule has 3 nitrogen and oxygen atoms in total. The average molecular weight is 222 g/mol. The molecule has 2 N–H and O–H groups in total. The van der Waals surface area contributed by atoms with E-state index < -0.39 is 18.0 Å². The second-order valence-electron chi connectivity index (χ2n) is 4.15. The number of hydrogen-bond acceptors (Lipinski definition) is 2. The Morgan fingerprint density at radius 1 is 1.31 bits per heavy atom. The Morgan fingerprint density at radius 3 is 2.50 bits per heavy atom. The first-order valence-corrected chi connectivity index (χ1v) is 5.54. The molecule has 0 aliphatic heterocycles. The second kappa shape index (κ2) is 6.28. The van der Waals surface area contributed by atoms with Crippen molar-refractivity contribution in [2.45, 2.75) is 32.3 Å². The van der Waals surface area contributed by atoms with Gasteiger partial charge in [0.1, 0.15) is 0 Å². The summed E-state index contributed by atoms with van der Waals surface area (Å²) in [7, 11) is 0. The quantitative estimate of drug-likeness (QED) is 0.774. The van der Waals surface area contributed by atoms with Crippen LogP contribution in [0.3, 0.4) is 0 Å². The van der Waals surface area contributed by atoms with Gasteiger partial charge in [0.25, 0.3) is 0 Å². The van der Waals surface area contributed by atoms with Crippen LogP contribution in [0.5, 0.6) is 0 Å². The smallest absolute Gasteiger partial charge is 0.306 e. The third-order valence-electron chi connectivity index (χ3n) is 2.66. The molecule has 1 rings (SSSR count). The highest BCUT2D eigenvalue weighted by atomic mass is 16.4. The molecule has 0 saturated heterocycles. The second-order valence-corrected chi connectivity index (χ2v) is 4.15. The summed E-state index contributed by atoms with van der Waals surface area (Å²) in [6.45, 7) is 1.62. The van der Waals surface area contributed by atoms with Gasteiger partial charge in [-0.15, -0.1) is 0 Å². The number of aryl methyl sites for hydroxylation is 1. The molecule has 0 aromatic heterocycles.